The van der Waals surface area contributed by atoms with Crippen LogP contribution in [0.2, 0.25) is 0 Å². The van der Waals surface area contributed by atoms with E-state index in [1.54, 1.807) is 13.0 Å². The molecule has 0 aromatic carbocycles. The number of aryl methyl sites for hydroxylation is 1. The number of amides is 1. The van der Waals surface area contributed by atoms with Gasteiger partial charge in [0, 0.05) is 19.2 Å². The highest BCUT2D eigenvalue weighted by atomic mass is 16.5. The first-order chi connectivity index (χ1) is 9.19. The SMILES string of the molecule is CC[C@H](NC[C@H]1CCOC1)C(=O)Nc1cc(C)on1. The van der Waals surface area contributed by atoms with Crippen molar-refractivity contribution < 1.29 is 14.1 Å². The molecule has 2 heterocycles. The lowest BCUT2D eigenvalue weighted by atomic mass is 10.1. The molecule has 2 N–H and O–H groups in total. The number of rotatable bonds is 6. The lowest BCUT2D eigenvalue weighted by Gasteiger charge is -2.17. The van der Waals surface area contributed by atoms with E-state index < -0.39 is 0 Å². The third kappa shape index (κ3) is 4.04. The average Bonchev–Trinajstić information content (AvgIpc) is 3.02. The molecule has 1 aromatic rings. The molecule has 0 bridgehead atoms. The van der Waals surface area contributed by atoms with Crippen LogP contribution in [0.1, 0.15) is 25.5 Å². The zero-order chi connectivity index (χ0) is 13.7. The van der Waals surface area contributed by atoms with Gasteiger partial charge >= 0.3 is 0 Å². The highest BCUT2D eigenvalue weighted by Gasteiger charge is 2.21. The molecule has 1 amide bonds. The van der Waals surface area contributed by atoms with Crippen LogP contribution in [-0.4, -0.2) is 36.9 Å². The predicted octanol–water partition coefficient (Wildman–Crippen LogP) is 1.33. The van der Waals surface area contributed by atoms with E-state index in [1.165, 1.54) is 0 Å². The Morgan fingerprint density at radius 2 is 2.47 bits per heavy atom. The van der Waals surface area contributed by atoms with Gasteiger partial charge in [-0.25, -0.2) is 0 Å². The number of hydrogen-bond donors (Lipinski definition) is 2. The molecule has 1 aliphatic rings. The Kier molecular flexibility index (Phi) is 4.93. The molecule has 1 fully saturated rings. The first-order valence-electron chi connectivity index (χ1n) is 6.74. The summed E-state index contributed by atoms with van der Waals surface area (Å²) >= 11 is 0. The van der Waals surface area contributed by atoms with E-state index >= 15 is 0 Å². The number of aromatic nitrogens is 1. The van der Waals surface area contributed by atoms with Crippen LogP contribution in [0, 0.1) is 12.8 Å². The van der Waals surface area contributed by atoms with Crippen molar-refractivity contribution in [3.8, 4) is 0 Å². The van der Waals surface area contributed by atoms with Crippen molar-refractivity contribution in [2.75, 3.05) is 25.1 Å². The van der Waals surface area contributed by atoms with Gasteiger partial charge in [-0.1, -0.05) is 12.1 Å². The van der Waals surface area contributed by atoms with E-state index in [0.717, 1.165) is 32.6 Å². The molecule has 106 valence electrons. The first kappa shape index (κ1) is 14.0. The fourth-order valence-electron chi connectivity index (χ4n) is 2.11. The van der Waals surface area contributed by atoms with Crippen molar-refractivity contribution in [1.82, 2.24) is 10.5 Å². The monoisotopic (exact) mass is 267 g/mol. The van der Waals surface area contributed by atoms with Crippen LogP contribution in [0.15, 0.2) is 10.6 Å². The van der Waals surface area contributed by atoms with Crippen molar-refractivity contribution in [2.24, 2.45) is 5.92 Å². The Bertz CT molecular complexity index is 413. The van der Waals surface area contributed by atoms with Crippen LogP contribution >= 0.6 is 0 Å². The highest BCUT2D eigenvalue weighted by molar-refractivity contribution is 5.93. The molecule has 0 aliphatic carbocycles. The second-order valence-corrected chi connectivity index (χ2v) is 4.91. The topological polar surface area (TPSA) is 76.4 Å². The van der Waals surface area contributed by atoms with E-state index in [1.807, 2.05) is 6.92 Å². The summed E-state index contributed by atoms with van der Waals surface area (Å²) < 4.78 is 10.2. The zero-order valence-electron chi connectivity index (χ0n) is 11.4. The summed E-state index contributed by atoms with van der Waals surface area (Å²) in [5.41, 5.74) is 0. The Labute approximate surface area is 112 Å². The van der Waals surface area contributed by atoms with Crippen LogP contribution in [0.5, 0.6) is 0 Å². The molecule has 0 radical (unpaired) electrons. The van der Waals surface area contributed by atoms with Crippen molar-refractivity contribution in [1.29, 1.82) is 0 Å². The molecule has 1 aliphatic heterocycles. The van der Waals surface area contributed by atoms with Crippen LogP contribution in [0.3, 0.4) is 0 Å². The third-order valence-corrected chi connectivity index (χ3v) is 3.28. The minimum absolute atomic E-state index is 0.0743. The number of hydrogen-bond acceptors (Lipinski definition) is 5. The highest BCUT2D eigenvalue weighted by Crippen LogP contribution is 2.12. The van der Waals surface area contributed by atoms with E-state index in [0.29, 0.717) is 17.5 Å². The van der Waals surface area contributed by atoms with Crippen molar-refractivity contribution in [2.45, 2.75) is 32.7 Å². The van der Waals surface area contributed by atoms with Crippen molar-refractivity contribution in [3.63, 3.8) is 0 Å². The van der Waals surface area contributed by atoms with Gasteiger partial charge in [0.15, 0.2) is 5.82 Å². The van der Waals surface area contributed by atoms with Gasteiger partial charge in [-0.2, -0.15) is 0 Å². The van der Waals surface area contributed by atoms with Gasteiger partial charge in [-0.3, -0.25) is 4.79 Å². The lowest BCUT2D eigenvalue weighted by Crippen LogP contribution is -2.42. The minimum atomic E-state index is -0.211. The van der Waals surface area contributed by atoms with Gasteiger partial charge in [0.1, 0.15) is 5.76 Å². The maximum atomic E-state index is 12.1. The van der Waals surface area contributed by atoms with Crippen molar-refractivity contribution in [3.05, 3.63) is 11.8 Å². The number of ether oxygens (including phenoxy) is 1. The predicted molar refractivity (Wildman–Crippen MR) is 70.9 cm³/mol. The molecule has 2 rings (SSSR count). The molecule has 1 aromatic heterocycles. The molecule has 19 heavy (non-hydrogen) atoms. The number of anilines is 1. The average molecular weight is 267 g/mol. The molecule has 6 heteroatoms. The summed E-state index contributed by atoms with van der Waals surface area (Å²) in [5.74, 6) is 1.58. The lowest BCUT2D eigenvalue weighted by molar-refractivity contribution is -0.118. The summed E-state index contributed by atoms with van der Waals surface area (Å²) in [6.07, 6.45) is 1.80. The molecule has 0 saturated carbocycles. The largest absolute Gasteiger partial charge is 0.381 e. The number of nitrogens with zero attached hydrogens (tertiary/aromatic N) is 1. The Balaban J connectivity index is 1.80. The molecule has 6 nitrogen and oxygen atoms in total. The van der Waals surface area contributed by atoms with E-state index in [4.69, 9.17) is 9.26 Å². The molecule has 0 unspecified atom stereocenters. The molecule has 2 atom stereocenters. The number of carbonyl (C=O) groups excluding carboxylic acids is 1. The van der Waals surface area contributed by atoms with Crippen LogP contribution < -0.4 is 10.6 Å². The number of carbonyl (C=O) groups is 1. The molecule has 0 spiro atoms. The van der Waals surface area contributed by atoms with Crippen LogP contribution in [-0.2, 0) is 9.53 Å². The molecular formula is C13H21N3O3. The smallest absolute Gasteiger partial charge is 0.242 e. The minimum Gasteiger partial charge on any atom is -0.381 e. The van der Waals surface area contributed by atoms with Gasteiger partial charge in [0.25, 0.3) is 0 Å². The number of nitrogens with one attached hydrogen (secondary N) is 2. The standard InChI is InChI=1S/C13H21N3O3/c1-3-11(14-7-10-4-5-18-8-10)13(17)15-12-6-9(2)19-16-12/h6,10-11,14H,3-5,7-8H2,1-2H3,(H,15,16,17)/t10-,11+/m1/s1. The maximum absolute atomic E-state index is 12.1. The quantitative estimate of drug-likeness (QED) is 0.813. The second-order valence-electron chi connectivity index (χ2n) is 4.91. The maximum Gasteiger partial charge on any atom is 0.242 e. The van der Waals surface area contributed by atoms with Gasteiger partial charge in [-0.15, -0.1) is 0 Å². The van der Waals surface area contributed by atoms with E-state index in [9.17, 15) is 4.79 Å². The van der Waals surface area contributed by atoms with Gasteiger partial charge in [0.2, 0.25) is 5.91 Å². The third-order valence-electron chi connectivity index (χ3n) is 3.28. The zero-order valence-corrected chi connectivity index (χ0v) is 11.4. The molecular weight excluding hydrogens is 246 g/mol. The van der Waals surface area contributed by atoms with E-state index in [2.05, 4.69) is 15.8 Å². The van der Waals surface area contributed by atoms with Gasteiger partial charge in [0.05, 0.1) is 12.6 Å². The Hall–Kier alpha value is -1.40. The van der Waals surface area contributed by atoms with Crippen LogP contribution in [0.25, 0.3) is 0 Å². The van der Waals surface area contributed by atoms with Gasteiger partial charge < -0.3 is 19.9 Å². The summed E-state index contributed by atoms with van der Waals surface area (Å²) in [5, 5.41) is 9.79. The second kappa shape index (κ2) is 6.68. The Morgan fingerprint density at radius 1 is 1.63 bits per heavy atom. The normalized spacial score (nSPS) is 20.4. The fourth-order valence-corrected chi connectivity index (χ4v) is 2.11. The summed E-state index contributed by atoms with van der Waals surface area (Å²) in [7, 11) is 0. The van der Waals surface area contributed by atoms with Gasteiger partial charge in [-0.05, 0) is 25.7 Å². The van der Waals surface area contributed by atoms with E-state index in [-0.39, 0.29) is 11.9 Å². The fraction of sp³-hybridized carbons (Fsp3) is 0.692. The summed E-state index contributed by atoms with van der Waals surface area (Å²) in [4.78, 5) is 12.1. The molecule has 1 saturated heterocycles. The summed E-state index contributed by atoms with van der Waals surface area (Å²) in [6.45, 7) is 6.19. The first-order valence-corrected chi connectivity index (χ1v) is 6.74. The van der Waals surface area contributed by atoms with Crippen LogP contribution in [0.4, 0.5) is 5.82 Å². The Morgan fingerprint density at radius 3 is 3.05 bits per heavy atom. The summed E-state index contributed by atoms with van der Waals surface area (Å²) in [6, 6.07) is 1.49. The van der Waals surface area contributed by atoms with Crippen molar-refractivity contribution >= 4 is 11.7 Å².